The van der Waals surface area contributed by atoms with Gasteiger partial charge in [-0.15, -0.1) is 0 Å². The molecular weight excluding hydrogens is 309 g/mol. The van der Waals surface area contributed by atoms with Gasteiger partial charge in [-0.1, -0.05) is 19.1 Å². The van der Waals surface area contributed by atoms with Gasteiger partial charge in [0.1, 0.15) is 5.82 Å². The highest BCUT2D eigenvalue weighted by molar-refractivity contribution is 9.10. The highest BCUT2D eigenvalue weighted by Gasteiger charge is 2.33. The van der Waals surface area contributed by atoms with Crippen LogP contribution >= 0.6 is 15.9 Å². The Morgan fingerprint density at radius 3 is 3.00 bits per heavy atom. The van der Waals surface area contributed by atoms with Gasteiger partial charge in [0.25, 0.3) is 0 Å². The van der Waals surface area contributed by atoms with Gasteiger partial charge < -0.3 is 10.1 Å². The van der Waals surface area contributed by atoms with Crippen LogP contribution in [0.5, 0.6) is 0 Å². The van der Waals surface area contributed by atoms with Crippen molar-refractivity contribution in [2.24, 2.45) is 5.92 Å². The Labute approximate surface area is 122 Å². The second-order valence-corrected chi connectivity index (χ2v) is 5.88. The standard InChI is InChI=1S/C15H21BrFNO/c1-3-14-11(7-8-19-14)13(18-2)9-10-5-4-6-12(17)15(10)16/h4-6,11,13-14,18H,3,7-9H2,1-2H3. The largest absolute Gasteiger partial charge is 0.378 e. The third-order valence-electron chi connectivity index (χ3n) is 4.02. The van der Waals surface area contributed by atoms with E-state index in [9.17, 15) is 4.39 Å². The molecule has 1 fully saturated rings. The van der Waals surface area contributed by atoms with E-state index in [0.717, 1.165) is 31.4 Å². The summed E-state index contributed by atoms with van der Waals surface area (Å²) >= 11 is 3.34. The van der Waals surface area contributed by atoms with E-state index < -0.39 is 0 Å². The minimum atomic E-state index is -0.193. The number of halogens is 2. The Bertz CT molecular complexity index is 427. The molecule has 1 aliphatic rings. The van der Waals surface area contributed by atoms with Crippen LogP contribution in [-0.4, -0.2) is 25.8 Å². The van der Waals surface area contributed by atoms with Gasteiger partial charge >= 0.3 is 0 Å². The molecule has 0 amide bonds. The fourth-order valence-electron chi connectivity index (χ4n) is 2.96. The lowest BCUT2D eigenvalue weighted by molar-refractivity contribution is 0.0783. The van der Waals surface area contributed by atoms with Gasteiger partial charge in [0.2, 0.25) is 0 Å². The van der Waals surface area contributed by atoms with Crippen molar-refractivity contribution >= 4 is 15.9 Å². The van der Waals surface area contributed by atoms with E-state index in [1.54, 1.807) is 6.07 Å². The molecule has 0 saturated carbocycles. The average molecular weight is 330 g/mol. The third-order valence-corrected chi connectivity index (χ3v) is 4.91. The summed E-state index contributed by atoms with van der Waals surface area (Å²) in [4.78, 5) is 0. The van der Waals surface area contributed by atoms with E-state index in [1.807, 2.05) is 13.1 Å². The molecule has 0 radical (unpaired) electrons. The number of likely N-dealkylation sites (N-methyl/N-ethyl adjacent to an activating group) is 1. The van der Waals surface area contributed by atoms with E-state index in [2.05, 4.69) is 28.2 Å². The molecular formula is C15H21BrFNO. The van der Waals surface area contributed by atoms with Crippen molar-refractivity contribution in [2.45, 2.75) is 38.3 Å². The van der Waals surface area contributed by atoms with Crippen LogP contribution in [0.4, 0.5) is 4.39 Å². The second-order valence-electron chi connectivity index (χ2n) is 5.08. The third kappa shape index (κ3) is 3.36. The maximum Gasteiger partial charge on any atom is 0.137 e. The zero-order valence-electron chi connectivity index (χ0n) is 11.5. The smallest absolute Gasteiger partial charge is 0.137 e. The number of rotatable bonds is 5. The normalized spacial score (nSPS) is 24.6. The number of benzene rings is 1. The van der Waals surface area contributed by atoms with Crippen molar-refractivity contribution in [3.63, 3.8) is 0 Å². The summed E-state index contributed by atoms with van der Waals surface area (Å²) in [5.41, 5.74) is 1.01. The summed E-state index contributed by atoms with van der Waals surface area (Å²) in [6.07, 6.45) is 3.26. The van der Waals surface area contributed by atoms with Gasteiger partial charge in [-0.3, -0.25) is 0 Å². The molecule has 0 bridgehead atoms. The Kier molecular flexibility index (Phi) is 5.37. The van der Waals surface area contributed by atoms with E-state index in [0.29, 0.717) is 22.5 Å². The number of ether oxygens (including phenoxy) is 1. The molecule has 1 aromatic carbocycles. The fraction of sp³-hybridized carbons (Fsp3) is 0.600. The van der Waals surface area contributed by atoms with E-state index in [4.69, 9.17) is 4.74 Å². The highest BCUT2D eigenvalue weighted by Crippen LogP contribution is 2.30. The molecule has 3 unspecified atom stereocenters. The van der Waals surface area contributed by atoms with E-state index >= 15 is 0 Å². The molecule has 0 aliphatic carbocycles. The Morgan fingerprint density at radius 1 is 1.53 bits per heavy atom. The SMILES string of the molecule is CCC1OCCC1C(Cc1cccc(F)c1Br)NC. The van der Waals surface area contributed by atoms with Crippen LogP contribution in [-0.2, 0) is 11.2 Å². The molecule has 3 atom stereocenters. The minimum Gasteiger partial charge on any atom is -0.378 e. The van der Waals surface area contributed by atoms with Crippen LogP contribution in [0.2, 0.25) is 0 Å². The van der Waals surface area contributed by atoms with Gasteiger partial charge in [-0.2, -0.15) is 0 Å². The highest BCUT2D eigenvalue weighted by atomic mass is 79.9. The molecule has 1 heterocycles. The molecule has 1 aromatic rings. The minimum absolute atomic E-state index is 0.193. The van der Waals surface area contributed by atoms with E-state index in [-0.39, 0.29) is 5.82 Å². The summed E-state index contributed by atoms with van der Waals surface area (Å²) in [5, 5.41) is 3.38. The van der Waals surface area contributed by atoms with Crippen LogP contribution in [0.25, 0.3) is 0 Å². The maximum atomic E-state index is 13.6. The molecule has 1 N–H and O–H groups in total. The van der Waals surface area contributed by atoms with Crippen molar-refractivity contribution in [1.82, 2.24) is 5.32 Å². The zero-order chi connectivity index (χ0) is 13.8. The van der Waals surface area contributed by atoms with Crippen LogP contribution in [0.1, 0.15) is 25.3 Å². The van der Waals surface area contributed by atoms with Gasteiger partial charge in [-0.05, 0) is 53.9 Å². The van der Waals surface area contributed by atoms with Crippen LogP contribution < -0.4 is 5.32 Å². The lowest BCUT2D eigenvalue weighted by Crippen LogP contribution is -2.39. The average Bonchev–Trinajstić information content (AvgIpc) is 2.88. The summed E-state index contributed by atoms with van der Waals surface area (Å²) < 4.78 is 19.9. The summed E-state index contributed by atoms with van der Waals surface area (Å²) in [7, 11) is 1.98. The molecule has 1 saturated heterocycles. The quantitative estimate of drug-likeness (QED) is 0.892. The monoisotopic (exact) mass is 329 g/mol. The topological polar surface area (TPSA) is 21.3 Å². The van der Waals surface area contributed by atoms with Gasteiger partial charge in [0, 0.05) is 18.6 Å². The lowest BCUT2D eigenvalue weighted by Gasteiger charge is -2.27. The fourth-order valence-corrected chi connectivity index (χ4v) is 3.38. The first kappa shape index (κ1) is 14.9. The van der Waals surface area contributed by atoms with Gasteiger partial charge in [0.15, 0.2) is 0 Å². The second kappa shape index (κ2) is 6.82. The predicted octanol–water partition coefficient (Wildman–Crippen LogP) is 3.53. The molecule has 106 valence electrons. The number of hydrogen-bond donors (Lipinski definition) is 1. The molecule has 2 rings (SSSR count). The lowest BCUT2D eigenvalue weighted by atomic mass is 9.87. The van der Waals surface area contributed by atoms with Gasteiger partial charge in [-0.25, -0.2) is 4.39 Å². The summed E-state index contributed by atoms with van der Waals surface area (Å²) in [6, 6.07) is 5.56. The number of nitrogens with one attached hydrogen (secondary N) is 1. The predicted molar refractivity (Wildman–Crippen MR) is 78.8 cm³/mol. The number of hydrogen-bond acceptors (Lipinski definition) is 2. The Morgan fingerprint density at radius 2 is 2.32 bits per heavy atom. The molecule has 0 spiro atoms. The van der Waals surface area contributed by atoms with Crippen molar-refractivity contribution < 1.29 is 9.13 Å². The van der Waals surface area contributed by atoms with Crippen LogP contribution in [0.3, 0.4) is 0 Å². The van der Waals surface area contributed by atoms with Crippen molar-refractivity contribution in [2.75, 3.05) is 13.7 Å². The first-order valence-electron chi connectivity index (χ1n) is 6.89. The Hall–Kier alpha value is -0.450. The summed E-state index contributed by atoms with van der Waals surface area (Å²) in [6.45, 7) is 3.00. The molecule has 19 heavy (non-hydrogen) atoms. The van der Waals surface area contributed by atoms with Crippen LogP contribution in [0.15, 0.2) is 22.7 Å². The zero-order valence-corrected chi connectivity index (χ0v) is 13.0. The first-order chi connectivity index (χ1) is 9.17. The van der Waals surface area contributed by atoms with Crippen molar-refractivity contribution in [1.29, 1.82) is 0 Å². The molecule has 2 nitrogen and oxygen atoms in total. The van der Waals surface area contributed by atoms with E-state index in [1.165, 1.54) is 6.07 Å². The maximum absolute atomic E-state index is 13.6. The Balaban J connectivity index is 2.12. The van der Waals surface area contributed by atoms with Crippen molar-refractivity contribution in [3.05, 3.63) is 34.1 Å². The molecule has 0 aromatic heterocycles. The first-order valence-corrected chi connectivity index (χ1v) is 7.68. The molecule has 1 aliphatic heterocycles. The van der Waals surface area contributed by atoms with Gasteiger partial charge in [0.05, 0.1) is 10.6 Å². The summed E-state index contributed by atoms with van der Waals surface area (Å²) in [5.74, 6) is 0.312. The molecule has 4 heteroatoms. The van der Waals surface area contributed by atoms with Crippen molar-refractivity contribution in [3.8, 4) is 0 Å². The van der Waals surface area contributed by atoms with Crippen LogP contribution in [0, 0.1) is 11.7 Å².